The predicted octanol–water partition coefficient (Wildman–Crippen LogP) is 1.86. The van der Waals surface area contributed by atoms with Crippen LogP contribution in [-0.4, -0.2) is 37.4 Å². The van der Waals surface area contributed by atoms with E-state index in [1.807, 2.05) is 6.92 Å². The summed E-state index contributed by atoms with van der Waals surface area (Å²) in [6.45, 7) is 4.66. The molecule has 18 heavy (non-hydrogen) atoms. The van der Waals surface area contributed by atoms with Crippen LogP contribution in [0.1, 0.15) is 51.9 Å². The second-order valence-corrected chi connectivity index (χ2v) is 5.27. The summed E-state index contributed by atoms with van der Waals surface area (Å²) in [5.74, 6) is -0.0784. The van der Waals surface area contributed by atoms with Gasteiger partial charge in [-0.15, -0.1) is 0 Å². The van der Waals surface area contributed by atoms with Crippen LogP contribution in [0.4, 0.5) is 0 Å². The molecule has 1 saturated carbocycles. The van der Waals surface area contributed by atoms with Crippen molar-refractivity contribution >= 4 is 5.97 Å². The van der Waals surface area contributed by atoms with E-state index < -0.39 is 0 Å². The van der Waals surface area contributed by atoms with E-state index in [1.165, 1.54) is 12.8 Å². The minimum atomic E-state index is -0.0784. The molecule has 0 heterocycles. The average molecular weight is 257 g/mol. The van der Waals surface area contributed by atoms with Gasteiger partial charge in [0.25, 0.3) is 0 Å². The number of aliphatic hydroxyl groups is 1. The number of unbranched alkanes of at least 4 members (excludes halogenated alkanes) is 2. The lowest BCUT2D eigenvalue weighted by Crippen LogP contribution is -2.25. The predicted molar refractivity (Wildman–Crippen MR) is 71.3 cm³/mol. The van der Waals surface area contributed by atoms with Crippen LogP contribution < -0.4 is 5.32 Å². The van der Waals surface area contributed by atoms with Gasteiger partial charge in [-0.05, 0) is 51.0 Å². The number of ether oxygens (including phenoxy) is 1. The van der Waals surface area contributed by atoms with E-state index in [9.17, 15) is 4.79 Å². The number of aliphatic hydroxyl groups excluding tert-OH is 1. The average Bonchev–Trinajstić information content (AvgIpc) is 3.09. The lowest BCUT2D eigenvalue weighted by molar-refractivity contribution is -0.143. The van der Waals surface area contributed by atoms with Crippen molar-refractivity contribution in [3.8, 4) is 0 Å². The molecule has 2 N–H and O–H groups in total. The van der Waals surface area contributed by atoms with E-state index in [4.69, 9.17) is 9.84 Å². The highest BCUT2D eigenvalue weighted by molar-refractivity contribution is 5.69. The third-order valence-electron chi connectivity index (χ3n) is 3.64. The molecule has 0 spiro atoms. The summed E-state index contributed by atoms with van der Waals surface area (Å²) in [6.07, 6.45) is 7.08. The zero-order valence-corrected chi connectivity index (χ0v) is 11.5. The lowest BCUT2D eigenvalue weighted by atomic mass is 10.0. The highest BCUT2D eigenvalue weighted by Gasteiger charge is 2.40. The van der Waals surface area contributed by atoms with Crippen LogP contribution in [0.25, 0.3) is 0 Å². The number of rotatable bonds is 11. The number of hydrogen-bond acceptors (Lipinski definition) is 4. The van der Waals surface area contributed by atoms with Gasteiger partial charge in [-0.2, -0.15) is 0 Å². The number of nitrogens with one attached hydrogen (secondary N) is 1. The van der Waals surface area contributed by atoms with Crippen molar-refractivity contribution < 1.29 is 14.6 Å². The first kappa shape index (κ1) is 15.4. The van der Waals surface area contributed by atoms with E-state index in [2.05, 4.69) is 5.32 Å². The van der Waals surface area contributed by atoms with Crippen LogP contribution in [0.5, 0.6) is 0 Å². The van der Waals surface area contributed by atoms with Crippen molar-refractivity contribution in [1.82, 2.24) is 5.32 Å². The SMILES string of the molecule is CCOC(=O)CCCCCNCC1(CCO)CC1. The van der Waals surface area contributed by atoms with Crippen LogP contribution in [0.3, 0.4) is 0 Å². The summed E-state index contributed by atoms with van der Waals surface area (Å²) in [6, 6.07) is 0. The van der Waals surface area contributed by atoms with Crippen molar-refractivity contribution in [2.75, 3.05) is 26.3 Å². The van der Waals surface area contributed by atoms with Crippen LogP contribution >= 0.6 is 0 Å². The normalized spacial score (nSPS) is 16.6. The third kappa shape index (κ3) is 6.36. The van der Waals surface area contributed by atoms with Crippen molar-refractivity contribution in [2.24, 2.45) is 5.41 Å². The van der Waals surface area contributed by atoms with E-state index in [1.54, 1.807) is 0 Å². The maximum atomic E-state index is 11.1. The zero-order valence-electron chi connectivity index (χ0n) is 11.5. The number of hydrogen-bond donors (Lipinski definition) is 2. The Kier molecular flexibility index (Phi) is 7.28. The van der Waals surface area contributed by atoms with Gasteiger partial charge in [-0.25, -0.2) is 0 Å². The topological polar surface area (TPSA) is 58.6 Å². The van der Waals surface area contributed by atoms with Crippen molar-refractivity contribution in [1.29, 1.82) is 0 Å². The summed E-state index contributed by atoms with van der Waals surface area (Å²) in [7, 11) is 0. The Morgan fingerprint density at radius 3 is 2.72 bits per heavy atom. The van der Waals surface area contributed by atoms with Gasteiger partial charge in [0.05, 0.1) is 6.61 Å². The minimum Gasteiger partial charge on any atom is -0.466 e. The van der Waals surface area contributed by atoms with Gasteiger partial charge in [0.1, 0.15) is 0 Å². The molecule has 1 fully saturated rings. The standard InChI is InChI=1S/C14H27NO3/c1-2-18-13(17)6-4-3-5-10-15-12-14(7-8-14)9-11-16/h15-16H,2-12H2,1H3. The molecule has 0 saturated heterocycles. The lowest BCUT2D eigenvalue weighted by Gasteiger charge is -2.14. The van der Waals surface area contributed by atoms with Gasteiger partial charge in [0.2, 0.25) is 0 Å². The molecule has 0 aromatic rings. The van der Waals surface area contributed by atoms with Crippen molar-refractivity contribution in [3.05, 3.63) is 0 Å². The highest BCUT2D eigenvalue weighted by Crippen LogP contribution is 2.47. The Morgan fingerprint density at radius 2 is 2.11 bits per heavy atom. The second-order valence-electron chi connectivity index (χ2n) is 5.27. The molecule has 1 aliphatic carbocycles. The summed E-state index contributed by atoms with van der Waals surface area (Å²) in [5.41, 5.74) is 0.402. The van der Waals surface area contributed by atoms with E-state index in [-0.39, 0.29) is 5.97 Å². The Hall–Kier alpha value is -0.610. The first-order valence-corrected chi connectivity index (χ1v) is 7.20. The van der Waals surface area contributed by atoms with E-state index in [0.29, 0.717) is 25.0 Å². The highest BCUT2D eigenvalue weighted by atomic mass is 16.5. The molecule has 0 aromatic heterocycles. The van der Waals surface area contributed by atoms with Crippen LogP contribution in [0.15, 0.2) is 0 Å². The number of esters is 1. The van der Waals surface area contributed by atoms with Gasteiger partial charge in [0.15, 0.2) is 0 Å². The first-order chi connectivity index (χ1) is 8.72. The molecule has 0 atom stereocenters. The second kappa shape index (κ2) is 8.48. The Bertz CT molecular complexity index is 239. The molecule has 4 nitrogen and oxygen atoms in total. The Labute approximate surface area is 110 Å². The third-order valence-corrected chi connectivity index (χ3v) is 3.64. The molecular formula is C14H27NO3. The molecule has 0 bridgehead atoms. The van der Waals surface area contributed by atoms with Gasteiger partial charge in [-0.3, -0.25) is 4.79 Å². The number of carbonyl (C=O) groups excluding carboxylic acids is 1. The summed E-state index contributed by atoms with van der Waals surface area (Å²) < 4.78 is 4.87. The molecule has 0 radical (unpaired) electrons. The Balaban J connectivity index is 1.86. The summed E-state index contributed by atoms with van der Waals surface area (Å²) >= 11 is 0. The first-order valence-electron chi connectivity index (χ1n) is 7.20. The molecule has 0 aliphatic heterocycles. The van der Waals surface area contributed by atoms with Gasteiger partial charge in [-0.1, -0.05) is 6.42 Å². The fourth-order valence-corrected chi connectivity index (χ4v) is 2.21. The summed E-state index contributed by atoms with van der Waals surface area (Å²) in [4.78, 5) is 11.1. The molecule has 1 rings (SSSR count). The van der Waals surface area contributed by atoms with Crippen LogP contribution in [-0.2, 0) is 9.53 Å². The van der Waals surface area contributed by atoms with Crippen molar-refractivity contribution in [2.45, 2.75) is 51.9 Å². The van der Waals surface area contributed by atoms with Crippen molar-refractivity contribution in [3.63, 3.8) is 0 Å². The van der Waals surface area contributed by atoms with E-state index >= 15 is 0 Å². The Morgan fingerprint density at radius 1 is 1.33 bits per heavy atom. The number of carbonyl (C=O) groups is 1. The quantitative estimate of drug-likeness (QED) is 0.438. The molecule has 4 heteroatoms. The van der Waals surface area contributed by atoms with Gasteiger partial charge < -0.3 is 15.2 Å². The maximum absolute atomic E-state index is 11.1. The van der Waals surface area contributed by atoms with E-state index in [0.717, 1.165) is 38.8 Å². The smallest absolute Gasteiger partial charge is 0.305 e. The maximum Gasteiger partial charge on any atom is 0.305 e. The molecule has 0 unspecified atom stereocenters. The van der Waals surface area contributed by atoms with Crippen LogP contribution in [0.2, 0.25) is 0 Å². The monoisotopic (exact) mass is 257 g/mol. The molecular weight excluding hydrogens is 230 g/mol. The molecule has 1 aliphatic rings. The molecule has 0 aromatic carbocycles. The summed E-state index contributed by atoms with van der Waals surface area (Å²) in [5, 5.41) is 12.4. The largest absolute Gasteiger partial charge is 0.466 e. The minimum absolute atomic E-state index is 0.0784. The molecule has 106 valence electrons. The fourth-order valence-electron chi connectivity index (χ4n) is 2.21. The zero-order chi connectivity index (χ0) is 13.3. The fraction of sp³-hybridized carbons (Fsp3) is 0.929. The molecule has 0 amide bonds. The van der Waals surface area contributed by atoms with Gasteiger partial charge in [0, 0.05) is 19.6 Å². The van der Waals surface area contributed by atoms with Gasteiger partial charge >= 0.3 is 5.97 Å². The van der Waals surface area contributed by atoms with Crippen LogP contribution in [0, 0.1) is 5.41 Å².